The quantitative estimate of drug-likeness (QED) is 0.104. The highest BCUT2D eigenvalue weighted by Gasteiger charge is 2.28. The van der Waals surface area contributed by atoms with Crippen LogP contribution in [0.1, 0.15) is 32.6 Å². The number of hydrogen-bond donors (Lipinski definition) is 2. The number of aromatic nitrogens is 2. The van der Waals surface area contributed by atoms with Crippen LogP contribution < -0.4 is 11.4 Å². The van der Waals surface area contributed by atoms with Crippen molar-refractivity contribution in [3.63, 3.8) is 0 Å². The molecule has 1 heterocycles. The van der Waals surface area contributed by atoms with Crippen molar-refractivity contribution in [2.75, 3.05) is 6.54 Å². The average Bonchev–Trinajstić information content (AvgIpc) is 3.37. The number of fused-ring (bicyclic) bond motifs is 1. The van der Waals surface area contributed by atoms with Gasteiger partial charge in [-0.2, -0.15) is 0 Å². The van der Waals surface area contributed by atoms with Crippen molar-refractivity contribution in [3.05, 3.63) is 140 Å². The van der Waals surface area contributed by atoms with Crippen molar-refractivity contribution in [1.29, 1.82) is 0 Å². The van der Waals surface area contributed by atoms with E-state index in [1.807, 2.05) is 0 Å². The summed E-state index contributed by atoms with van der Waals surface area (Å²) in [5, 5.41) is 0. The minimum absolute atomic E-state index is 0.0131. The van der Waals surface area contributed by atoms with Crippen molar-refractivity contribution in [3.8, 4) is 0 Å². The van der Waals surface area contributed by atoms with Gasteiger partial charge in [0.1, 0.15) is 0 Å². The van der Waals surface area contributed by atoms with Gasteiger partial charge in [0.25, 0.3) is 0 Å². The molecule has 0 aliphatic rings. The smallest absolute Gasteiger partial charge is 0.326 e. The number of nitrogens with zero attached hydrogens (tertiary/aromatic N) is 2. The molecule has 8 nitrogen and oxygen atoms in total. The highest BCUT2D eigenvalue weighted by Crippen LogP contribution is 2.28. The molecule has 0 radical (unpaired) electrons. The van der Waals surface area contributed by atoms with Gasteiger partial charge in [-0.25, -0.2) is 26.7 Å². The van der Waals surface area contributed by atoms with E-state index in [1.54, 1.807) is 48.5 Å². The summed E-state index contributed by atoms with van der Waals surface area (Å²) in [5.74, 6) is -13.0. The summed E-state index contributed by atoms with van der Waals surface area (Å²) in [7, 11) is 0. The lowest BCUT2D eigenvalue weighted by atomic mass is 9.98. The summed E-state index contributed by atoms with van der Waals surface area (Å²) >= 11 is 0. The first kappa shape index (κ1) is 30.9. The van der Waals surface area contributed by atoms with Gasteiger partial charge in [-0.3, -0.25) is 19.0 Å². The normalized spacial score (nSPS) is 11.1. The van der Waals surface area contributed by atoms with Crippen LogP contribution in [0.3, 0.4) is 0 Å². The SMILES string of the molecule is NC(=O)CN(Cc1ccccc1)C(=O)Cc1ccc(C(=O)c2ccccc2)c2[nH]c(=O)n(Cc3c(F)c(F)c(F)c(F)c3F)c12. The van der Waals surface area contributed by atoms with Crippen LogP contribution >= 0.6 is 0 Å². The summed E-state index contributed by atoms with van der Waals surface area (Å²) in [4.78, 5) is 55.6. The third kappa shape index (κ3) is 6.09. The minimum atomic E-state index is -2.37. The third-order valence-corrected chi connectivity index (χ3v) is 7.16. The van der Waals surface area contributed by atoms with E-state index in [0.29, 0.717) is 10.1 Å². The number of carbonyl (C=O) groups excluding carboxylic acids is 3. The predicted molar refractivity (Wildman–Crippen MR) is 153 cm³/mol. The van der Waals surface area contributed by atoms with Crippen LogP contribution in [-0.4, -0.2) is 38.6 Å². The minimum Gasteiger partial charge on any atom is -0.368 e. The monoisotopic (exact) mass is 622 g/mol. The molecule has 0 saturated carbocycles. The summed E-state index contributed by atoms with van der Waals surface area (Å²) in [6, 6.07) is 19.3. The van der Waals surface area contributed by atoms with Gasteiger partial charge in [0, 0.05) is 23.2 Å². The number of amides is 2. The second-order valence-electron chi connectivity index (χ2n) is 10.1. The van der Waals surface area contributed by atoms with Crippen LogP contribution in [0, 0.1) is 29.1 Å². The lowest BCUT2D eigenvalue weighted by molar-refractivity contribution is -0.135. The van der Waals surface area contributed by atoms with Gasteiger partial charge in [0.15, 0.2) is 29.1 Å². The van der Waals surface area contributed by atoms with Crippen molar-refractivity contribution in [1.82, 2.24) is 14.5 Å². The van der Waals surface area contributed by atoms with Crippen molar-refractivity contribution in [2.24, 2.45) is 5.73 Å². The molecule has 0 atom stereocenters. The zero-order valence-corrected chi connectivity index (χ0v) is 23.3. The van der Waals surface area contributed by atoms with Crippen molar-refractivity contribution >= 4 is 28.6 Å². The van der Waals surface area contributed by atoms with Crippen LogP contribution in [0.15, 0.2) is 77.6 Å². The third-order valence-electron chi connectivity index (χ3n) is 7.16. The number of imidazole rings is 1. The van der Waals surface area contributed by atoms with Gasteiger partial charge >= 0.3 is 5.69 Å². The molecule has 2 amide bonds. The number of nitrogens with two attached hydrogens (primary N) is 1. The number of nitrogens with one attached hydrogen (secondary N) is 1. The molecule has 0 bridgehead atoms. The maximum Gasteiger partial charge on any atom is 0.326 e. The highest BCUT2D eigenvalue weighted by molar-refractivity contribution is 6.15. The number of H-pyrrole nitrogens is 1. The second kappa shape index (κ2) is 12.6. The lowest BCUT2D eigenvalue weighted by Crippen LogP contribution is -2.38. The first-order valence-corrected chi connectivity index (χ1v) is 13.4. The molecule has 0 saturated heterocycles. The number of aromatic amines is 1. The maximum absolute atomic E-state index is 14.7. The summed E-state index contributed by atoms with van der Waals surface area (Å²) in [6.45, 7) is -1.61. The van der Waals surface area contributed by atoms with Crippen LogP contribution in [-0.2, 0) is 29.1 Å². The maximum atomic E-state index is 14.7. The number of hydrogen-bond acceptors (Lipinski definition) is 4. The fraction of sp³-hybridized carbons (Fsp3) is 0.125. The lowest BCUT2D eigenvalue weighted by Gasteiger charge is -2.22. The van der Waals surface area contributed by atoms with E-state index in [9.17, 15) is 41.1 Å². The number of benzene rings is 4. The van der Waals surface area contributed by atoms with Crippen LogP contribution in [0.25, 0.3) is 11.0 Å². The molecule has 0 fully saturated rings. The number of carbonyl (C=O) groups is 3. The van der Waals surface area contributed by atoms with Gasteiger partial charge in [-0.05, 0) is 17.2 Å². The molecule has 45 heavy (non-hydrogen) atoms. The number of rotatable bonds is 10. The average molecular weight is 623 g/mol. The molecular weight excluding hydrogens is 599 g/mol. The van der Waals surface area contributed by atoms with Crippen LogP contribution in [0.4, 0.5) is 22.0 Å². The summed E-state index contributed by atoms with van der Waals surface area (Å²) < 4.78 is 71.9. The van der Waals surface area contributed by atoms with Crippen molar-refractivity contribution < 1.29 is 36.3 Å². The van der Waals surface area contributed by atoms with E-state index in [1.165, 1.54) is 24.3 Å². The Hall–Kier alpha value is -5.59. The first-order chi connectivity index (χ1) is 21.5. The van der Waals surface area contributed by atoms with E-state index in [-0.39, 0.29) is 34.3 Å². The zero-order valence-electron chi connectivity index (χ0n) is 23.3. The Labute approximate surface area is 251 Å². The van der Waals surface area contributed by atoms with E-state index >= 15 is 0 Å². The Morgan fingerprint density at radius 2 is 1.36 bits per heavy atom. The van der Waals surface area contributed by atoms with E-state index in [2.05, 4.69) is 4.98 Å². The Morgan fingerprint density at radius 3 is 1.96 bits per heavy atom. The second-order valence-corrected chi connectivity index (χ2v) is 10.1. The molecule has 3 N–H and O–H groups in total. The zero-order chi connectivity index (χ0) is 32.4. The van der Waals surface area contributed by atoms with E-state index < -0.39 is 77.4 Å². The highest BCUT2D eigenvalue weighted by atomic mass is 19.2. The molecular formula is C32H23F5N4O4. The fourth-order valence-corrected chi connectivity index (χ4v) is 5.02. The molecule has 5 rings (SSSR count). The molecule has 13 heteroatoms. The molecule has 4 aromatic carbocycles. The Balaban J connectivity index is 1.66. The topological polar surface area (TPSA) is 118 Å². The molecule has 0 aliphatic heterocycles. The van der Waals surface area contributed by atoms with Gasteiger partial charge in [-0.1, -0.05) is 66.7 Å². The van der Waals surface area contributed by atoms with E-state index in [4.69, 9.17) is 5.73 Å². The van der Waals surface area contributed by atoms with Gasteiger partial charge < -0.3 is 15.6 Å². The molecule has 0 spiro atoms. The van der Waals surface area contributed by atoms with Gasteiger partial charge in [-0.15, -0.1) is 0 Å². The molecule has 230 valence electrons. The summed E-state index contributed by atoms with van der Waals surface area (Å²) in [6.07, 6.45) is -0.495. The number of primary amides is 1. The van der Waals surface area contributed by atoms with E-state index in [0.717, 1.165) is 4.90 Å². The molecule has 0 unspecified atom stereocenters. The largest absolute Gasteiger partial charge is 0.368 e. The van der Waals surface area contributed by atoms with Crippen LogP contribution in [0.5, 0.6) is 0 Å². The van der Waals surface area contributed by atoms with Gasteiger partial charge in [0.05, 0.1) is 30.5 Å². The summed E-state index contributed by atoms with van der Waals surface area (Å²) in [5.41, 5.74) is 3.62. The number of ketones is 1. The fourth-order valence-electron chi connectivity index (χ4n) is 5.02. The number of halogens is 5. The molecule has 5 aromatic rings. The molecule has 1 aromatic heterocycles. The standard InChI is InChI=1S/C32H23F5N4O4/c33-24-21(25(34)27(36)28(37)26(24)35)15-41-30-19(13-23(43)40(16-22(38)42)14-17-7-3-1-4-8-17)11-12-20(29(30)39-32(41)45)31(44)18-9-5-2-6-10-18/h1-12H,13-16H2,(H2,38,42)(H,39,45). The predicted octanol–water partition coefficient (Wildman–Crippen LogP) is 4.36. The first-order valence-electron chi connectivity index (χ1n) is 13.4. The van der Waals surface area contributed by atoms with Crippen LogP contribution in [0.2, 0.25) is 0 Å². The Morgan fingerprint density at radius 1 is 0.778 bits per heavy atom. The van der Waals surface area contributed by atoms with Crippen molar-refractivity contribution in [2.45, 2.75) is 19.5 Å². The van der Waals surface area contributed by atoms with Gasteiger partial charge in [0.2, 0.25) is 17.6 Å². The Bertz CT molecular complexity index is 1980. The molecule has 0 aliphatic carbocycles. The Kier molecular flexibility index (Phi) is 8.61.